The van der Waals surface area contributed by atoms with Crippen LogP contribution < -0.4 is 0 Å². The van der Waals surface area contributed by atoms with E-state index in [1.54, 1.807) is 0 Å². The number of rotatable bonds is 4. The zero-order valence-corrected chi connectivity index (χ0v) is 10.5. The van der Waals surface area contributed by atoms with Gasteiger partial charge in [0.2, 0.25) is 0 Å². The molecule has 0 amide bonds. The van der Waals surface area contributed by atoms with Crippen LogP contribution in [0.4, 0.5) is 0 Å². The minimum atomic E-state index is -0.832. The molecule has 3 unspecified atom stereocenters. The Morgan fingerprint density at radius 3 is 3.00 bits per heavy atom. The Morgan fingerprint density at radius 2 is 2.35 bits per heavy atom. The standard InChI is InChI=1S/C12H21NO4/c1-3-13-6-4-5-10(13)12(2)16-8-9(17-12)7-11(14)15/h9-10H,3-8H2,1-2H3,(H,14,15). The van der Waals surface area contributed by atoms with Crippen LogP contribution in [0, 0.1) is 0 Å². The van der Waals surface area contributed by atoms with Crippen molar-refractivity contribution >= 4 is 5.97 Å². The molecule has 0 spiro atoms. The van der Waals surface area contributed by atoms with E-state index >= 15 is 0 Å². The average Bonchev–Trinajstić information content (AvgIpc) is 2.85. The number of carboxylic acids is 1. The predicted octanol–water partition coefficient (Wildman–Crippen LogP) is 1.08. The van der Waals surface area contributed by atoms with Crippen LogP contribution in [0.5, 0.6) is 0 Å². The summed E-state index contributed by atoms with van der Waals surface area (Å²) in [5.41, 5.74) is 0. The van der Waals surface area contributed by atoms with E-state index in [9.17, 15) is 4.79 Å². The van der Waals surface area contributed by atoms with E-state index < -0.39 is 11.8 Å². The van der Waals surface area contributed by atoms with E-state index in [0.29, 0.717) is 6.61 Å². The summed E-state index contributed by atoms with van der Waals surface area (Å²) < 4.78 is 11.6. The van der Waals surface area contributed by atoms with Gasteiger partial charge < -0.3 is 14.6 Å². The number of carboxylic acid groups (broad SMARTS) is 1. The molecule has 0 aliphatic carbocycles. The second-order valence-corrected chi connectivity index (χ2v) is 4.95. The minimum absolute atomic E-state index is 0.0223. The summed E-state index contributed by atoms with van der Waals surface area (Å²) in [6, 6.07) is 0.256. The fraction of sp³-hybridized carbons (Fsp3) is 0.917. The lowest BCUT2D eigenvalue weighted by Gasteiger charge is -2.35. The second kappa shape index (κ2) is 4.92. The molecule has 2 saturated heterocycles. The molecule has 2 rings (SSSR count). The number of nitrogens with zero attached hydrogens (tertiary/aromatic N) is 1. The summed E-state index contributed by atoms with van der Waals surface area (Å²) in [7, 11) is 0. The number of hydrogen-bond acceptors (Lipinski definition) is 4. The van der Waals surface area contributed by atoms with Gasteiger partial charge in [-0.15, -0.1) is 0 Å². The number of ether oxygens (including phenoxy) is 2. The van der Waals surface area contributed by atoms with Crippen LogP contribution >= 0.6 is 0 Å². The topological polar surface area (TPSA) is 59.0 Å². The van der Waals surface area contributed by atoms with E-state index in [1.807, 2.05) is 6.92 Å². The largest absolute Gasteiger partial charge is 0.481 e. The SMILES string of the molecule is CCN1CCCC1C1(C)OCC(CC(=O)O)O1. The van der Waals surface area contributed by atoms with Crippen molar-refractivity contribution in [1.82, 2.24) is 4.90 Å². The van der Waals surface area contributed by atoms with Gasteiger partial charge in [-0.05, 0) is 32.9 Å². The van der Waals surface area contributed by atoms with Crippen molar-refractivity contribution in [3.05, 3.63) is 0 Å². The Hall–Kier alpha value is -0.650. The van der Waals surface area contributed by atoms with Crippen LogP contribution in [0.3, 0.4) is 0 Å². The highest BCUT2D eigenvalue weighted by Crippen LogP contribution is 2.35. The lowest BCUT2D eigenvalue weighted by Crippen LogP contribution is -2.48. The highest BCUT2D eigenvalue weighted by atomic mass is 16.7. The molecule has 0 aromatic carbocycles. The number of likely N-dealkylation sites (N-methyl/N-ethyl adjacent to an activating group) is 1. The van der Waals surface area contributed by atoms with Crippen molar-refractivity contribution in [2.75, 3.05) is 19.7 Å². The van der Waals surface area contributed by atoms with Crippen LogP contribution in [0.25, 0.3) is 0 Å². The van der Waals surface area contributed by atoms with Gasteiger partial charge in [0.05, 0.1) is 25.2 Å². The maximum Gasteiger partial charge on any atom is 0.306 e. The minimum Gasteiger partial charge on any atom is -0.481 e. The fourth-order valence-corrected chi connectivity index (χ4v) is 2.93. The summed E-state index contributed by atoms with van der Waals surface area (Å²) in [5, 5.41) is 8.76. The number of carbonyl (C=O) groups is 1. The molecule has 0 saturated carbocycles. The molecule has 17 heavy (non-hydrogen) atoms. The Labute approximate surface area is 102 Å². The van der Waals surface area contributed by atoms with Gasteiger partial charge in [0.1, 0.15) is 0 Å². The Kier molecular flexibility index (Phi) is 3.70. The van der Waals surface area contributed by atoms with Gasteiger partial charge in [0.15, 0.2) is 5.79 Å². The smallest absolute Gasteiger partial charge is 0.306 e. The molecule has 2 heterocycles. The van der Waals surface area contributed by atoms with E-state index in [2.05, 4.69) is 11.8 Å². The Bertz CT molecular complexity index is 296. The monoisotopic (exact) mass is 243 g/mol. The highest BCUT2D eigenvalue weighted by Gasteiger charge is 2.47. The van der Waals surface area contributed by atoms with Crippen molar-refractivity contribution in [1.29, 1.82) is 0 Å². The first kappa shape index (κ1) is 12.8. The third kappa shape index (κ3) is 2.61. The highest BCUT2D eigenvalue weighted by molar-refractivity contribution is 5.67. The molecule has 2 aliphatic heterocycles. The molecule has 1 N–H and O–H groups in total. The number of aliphatic carboxylic acids is 1. The predicted molar refractivity (Wildman–Crippen MR) is 61.8 cm³/mol. The van der Waals surface area contributed by atoms with Gasteiger partial charge in [-0.3, -0.25) is 9.69 Å². The first-order chi connectivity index (χ1) is 8.05. The van der Waals surface area contributed by atoms with E-state index in [-0.39, 0.29) is 18.6 Å². The van der Waals surface area contributed by atoms with Gasteiger partial charge in [-0.2, -0.15) is 0 Å². The average molecular weight is 243 g/mol. The van der Waals surface area contributed by atoms with Crippen LogP contribution in [0.2, 0.25) is 0 Å². The molecular formula is C12H21NO4. The molecule has 3 atom stereocenters. The van der Waals surface area contributed by atoms with Gasteiger partial charge in [-0.25, -0.2) is 0 Å². The van der Waals surface area contributed by atoms with E-state index in [0.717, 1.165) is 25.9 Å². The van der Waals surface area contributed by atoms with E-state index in [4.69, 9.17) is 14.6 Å². The first-order valence-electron chi connectivity index (χ1n) is 6.33. The molecule has 0 bridgehead atoms. The number of likely N-dealkylation sites (tertiary alicyclic amines) is 1. The Morgan fingerprint density at radius 1 is 1.59 bits per heavy atom. The number of hydrogen-bond donors (Lipinski definition) is 1. The van der Waals surface area contributed by atoms with Gasteiger partial charge in [0.25, 0.3) is 0 Å². The van der Waals surface area contributed by atoms with E-state index in [1.165, 1.54) is 0 Å². The molecule has 2 fully saturated rings. The third-order valence-electron chi connectivity index (χ3n) is 3.73. The summed E-state index contributed by atoms with van der Waals surface area (Å²) >= 11 is 0. The molecular weight excluding hydrogens is 222 g/mol. The maximum atomic E-state index is 10.7. The van der Waals surface area contributed by atoms with Crippen molar-refractivity contribution in [3.63, 3.8) is 0 Å². The van der Waals surface area contributed by atoms with Crippen molar-refractivity contribution in [2.45, 2.75) is 51.0 Å². The van der Waals surface area contributed by atoms with Crippen LogP contribution in [-0.2, 0) is 14.3 Å². The summed E-state index contributed by atoms with van der Waals surface area (Å²) in [6.45, 7) is 6.51. The van der Waals surface area contributed by atoms with Crippen LogP contribution in [0.15, 0.2) is 0 Å². The van der Waals surface area contributed by atoms with Gasteiger partial charge in [-0.1, -0.05) is 6.92 Å². The molecule has 2 aliphatic rings. The first-order valence-corrected chi connectivity index (χ1v) is 6.33. The van der Waals surface area contributed by atoms with Crippen molar-refractivity contribution < 1.29 is 19.4 Å². The Balaban J connectivity index is 1.98. The van der Waals surface area contributed by atoms with Gasteiger partial charge in [0, 0.05) is 0 Å². The maximum absolute atomic E-state index is 10.7. The molecule has 5 nitrogen and oxygen atoms in total. The molecule has 5 heteroatoms. The zero-order valence-electron chi connectivity index (χ0n) is 10.5. The molecule has 0 aromatic heterocycles. The summed E-state index contributed by atoms with van der Waals surface area (Å²) in [5.74, 6) is -1.46. The summed E-state index contributed by atoms with van der Waals surface area (Å²) in [4.78, 5) is 13.0. The molecule has 98 valence electrons. The second-order valence-electron chi connectivity index (χ2n) is 4.95. The van der Waals surface area contributed by atoms with Crippen LogP contribution in [0.1, 0.15) is 33.1 Å². The lowest BCUT2D eigenvalue weighted by molar-refractivity contribution is -0.193. The van der Waals surface area contributed by atoms with Crippen LogP contribution in [-0.4, -0.2) is 53.6 Å². The normalized spacial score (nSPS) is 38.7. The zero-order chi connectivity index (χ0) is 12.5. The third-order valence-corrected chi connectivity index (χ3v) is 3.73. The van der Waals surface area contributed by atoms with Gasteiger partial charge >= 0.3 is 5.97 Å². The molecule has 0 aromatic rings. The van der Waals surface area contributed by atoms with Crippen molar-refractivity contribution in [2.24, 2.45) is 0 Å². The summed E-state index contributed by atoms with van der Waals surface area (Å²) in [6.07, 6.45) is 1.93. The quantitative estimate of drug-likeness (QED) is 0.800. The van der Waals surface area contributed by atoms with Crippen molar-refractivity contribution in [3.8, 4) is 0 Å². The lowest BCUT2D eigenvalue weighted by atomic mass is 10.1. The molecule has 0 radical (unpaired) electrons. The fourth-order valence-electron chi connectivity index (χ4n) is 2.93.